The maximum absolute atomic E-state index is 14.1. The van der Waals surface area contributed by atoms with E-state index in [-0.39, 0.29) is 37.5 Å². The molecule has 2 aromatic rings. The summed E-state index contributed by atoms with van der Waals surface area (Å²) in [5, 5.41) is 3.02. The van der Waals surface area contributed by atoms with Gasteiger partial charge < -0.3 is 25.8 Å². The van der Waals surface area contributed by atoms with Crippen LogP contribution in [-0.4, -0.2) is 128 Å². The predicted octanol–water partition coefficient (Wildman–Crippen LogP) is 3.33. The zero-order valence-corrected chi connectivity index (χ0v) is 31.4. The Labute approximate surface area is 300 Å². The Balaban J connectivity index is 1.11. The first-order valence-corrected chi connectivity index (χ1v) is 19.9. The van der Waals surface area contributed by atoms with Gasteiger partial charge in [-0.15, -0.1) is 0 Å². The number of carbonyl (C=O) groups is 2. The number of piperazine rings is 1. The van der Waals surface area contributed by atoms with Crippen molar-refractivity contribution in [2.24, 2.45) is 0 Å². The minimum absolute atomic E-state index is 0.0754. The van der Waals surface area contributed by atoms with E-state index in [9.17, 15) is 18.0 Å². The molecule has 0 unspecified atom stereocenters. The second-order valence-corrected chi connectivity index (χ2v) is 16.8. The molecule has 3 saturated heterocycles. The molecule has 1 atom stereocenters. The zero-order chi connectivity index (χ0) is 34.0. The number of piperidine rings is 2. The van der Waals surface area contributed by atoms with Crippen molar-refractivity contribution in [3.8, 4) is 0 Å². The van der Waals surface area contributed by atoms with Gasteiger partial charge in [0, 0.05) is 72.5 Å². The number of fused-ring (bicyclic) bond motifs is 1. The van der Waals surface area contributed by atoms with E-state index in [2.05, 4.69) is 58.7 Å². The van der Waals surface area contributed by atoms with Crippen LogP contribution in [0.1, 0.15) is 36.8 Å². The molecule has 0 saturated carbocycles. The largest absolute Gasteiger partial charge is 0.397 e. The number of rotatable bonds is 8. The van der Waals surface area contributed by atoms with E-state index >= 15 is 0 Å². The molecule has 0 spiro atoms. The highest BCUT2D eigenvalue weighted by molar-refractivity contribution is 9.11. The van der Waals surface area contributed by atoms with Crippen LogP contribution >= 0.6 is 31.9 Å². The van der Waals surface area contributed by atoms with Crippen LogP contribution in [-0.2, 0) is 27.8 Å². The van der Waals surface area contributed by atoms with E-state index in [1.165, 1.54) is 4.31 Å². The molecule has 3 amide bonds. The molecule has 6 rings (SSSR count). The quantitative estimate of drug-likeness (QED) is 0.349. The van der Waals surface area contributed by atoms with Gasteiger partial charge in [0.05, 0.1) is 5.69 Å². The van der Waals surface area contributed by atoms with Gasteiger partial charge in [-0.05, 0) is 120 Å². The molecule has 12 nitrogen and oxygen atoms in total. The van der Waals surface area contributed by atoms with E-state index in [1.54, 1.807) is 0 Å². The normalized spacial score (nSPS) is 21.9. The molecule has 4 aliphatic heterocycles. The second kappa shape index (κ2) is 15.3. The lowest BCUT2D eigenvalue weighted by Gasteiger charge is -2.43. The minimum atomic E-state index is -4.01. The predicted molar refractivity (Wildman–Crippen MR) is 195 cm³/mol. The summed E-state index contributed by atoms with van der Waals surface area (Å²) in [6.45, 7) is 5.93. The van der Waals surface area contributed by atoms with Crippen LogP contribution in [0.4, 0.5) is 16.2 Å². The summed E-state index contributed by atoms with van der Waals surface area (Å²) < 4.78 is 33.4. The molecule has 15 heteroatoms. The smallest absolute Gasteiger partial charge is 0.322 e. The fraction of sp³-hybridized carbons (Fsp3) is 0.576. The number of nitrogen functional groups attached to an aromatic ring is 1. The minimum Gasteiger partial charge on any atom is -0.397 e. The monoisotopic (exact) mass is 808 g/mol. The van der Waals surface area contributed by atoms with E-state index < -0.39 is 16.3 Å². The Morgan fingerprint density at radius 2 is 1.56 bits per heavy atom. The molecule has 3 fully saturated rings. The molecule has 0 aromatic heterocycles. The van der Waals surface area contributed by atoms with Crippen molar-refractivity contribution in [2.45, 2.75) is 56.7 Å². The highest BCUT2D eigenvalue weighted by Crippen LogP contribution is 2.31. The number of hydrogen-bond donors (Lipinski definition) is 3. The van der Waals surface area contributed by atoms with Gasteiger partial charge in [0.15, 0.2) is 0 Å². The fourth-order valence-corrected chi connectivity index (χ4v) is 10.1. The number of nitrogens with one attached hydrogen (secondary N) is 2. The number of halogens is 2. The third-order valence-corrected chi connectivity index (χ3v) is 13.3. The first-order valence-electron chi connectivity index (χ1n) is 16.9. The van der Waals surface area contributed by atoms with Gasteiger partial charge in [-0.2, -0.15) is 17.4 Å². The molecule has 4 N–H and O–H groups in total. The van der Waals surface area contributed by atoms with E-state index in [4.69, 9.17) is 5.73 Å². The number of hydrogen-bond acceptors (Lipinski definition) is 7. The van der Waals surface area contributed by atoms with Gasteiger partial charge in [-0.25, -0.2) is 4.79 Å². The fourth-order valence-electron chi connectivity index (χ4n) is 7.44. The van der Waals surface area contributed by atoms with Crippen LogP contribution in [0.2, 0.25) is 0 Å². The summed E-state index contributed by atoms with van der Waals surface area (Å²) in [4.78, 5) is 35.7. The Hall–Kier alpha value is -2.27. The maximum atomic E-state index is 14.1. The molecule has 2 aromatic carbocycles. The molecule has 0 bridgehead atoms. The topological polar surface area (TPSA) is 135 Å². The first kappa shape index (κ1) is 35.6. The van der Waals surface area contributed by atoms with Crippen LogP contribution in [0.5, 0.6) is 0 Å². The van der Waals surface area contributed by atoms with Crippen LogP contribution in [0.25, 0.3) is 0 Å². The second-order valence-electron chi connectivity index (χ2n) is 13.4. The summed E-state index contributed by atoms with van der Waals surface area (Å²) in [6.07, 6.45) is 4.19. The number of nitrogens with zero attached hydrogens (tertiary/aromatic N) is 5. The summed E-state index contributed by atoms with van der Waals surface area (Å²) in [6, 6.07) is 10.8. The van der Waals surface area contributed by atoms with Crippen LogP contribution in [0.15, 0.2) is 45.3 Å². The maximum Gasteiger partial charge on any atom is 0.322 e. The van der Waals surface area contributed by atoms with Crippen molar-refractivity contribution >= 4 is 65.4 Å². The number of anilines is 2. The zero-order valence-electron chi connectivity index (χ0n) is 27.4. The van der Waals surface area contributed by atoms with Gasteiger partial charge in [0.25, 0.3) is 10.2 Å². The van der Waals surface area contributed by atoms with Crippen LogP contribution in [0.3, 0.4) is 0 Å². The lowest BCUT2D eigenvalue weighted by molar-refractivity contribution is -0.135. The molecule has 0 radical (unpaired) electrons. The van der Waals surface area contributed by atoms with Gasteiger partial charge in [0.1, 0.15) is 6.04 Å². The van der Waals surface area contributed by atoms with Gasteiger partial charge in [-0.1, -0.05) is 18.2 Å². The van der Waals surface area contributed by atoms with Gasteiger partial charge >= 0.3 is 6.03 Å². The number of likely N-dealkylation sites (tertiary alicyclic amines) is 1. The first-order chi connectivity index (χ1) is 23.0. The lowest BCUT2D eigenvalue weighted by Crippen LogP contribution is -2.59. The van der Waals surface area contributed by atoms with E-state index in [0.29, 0.717) is 53.2 Å². The van der Waals surface area contributed by atoms with E-state index in [0.717, 1.165) is 62.3 Å². The molecule has 262 valence electrons. The number of urea groups is 1. The summed E-state index contributed by atoms with van der Waals surface area (Å²) in [7, 11) is -1.86. The van der Waals surface area contributed by atoms with Crippen LogP contribution in [0, 0.1) is 0 Å². The Bertz CT molecular complexity index is 1570. The highest BCUT2D eigenvalue weighted by Gasteiger charge is 2.38. The average Bonchev–Trinajstić information content (AvgIpc) is 3.25. The molecular formula is C33H46Br2N8O4S. The van der Waals surface area contributed by atoms with Crippen molar-refractivity contribution < 1.29 is 18.0 Å². The molecule has 48 heavy (non-hydrogen) atoms. The Kier molecular flexibility index (Phi) is 11.3. The lowest BCUT2D eigenvalue weighted by atomic mass is 10.0. The number of amides is 3. The van der Waals surface area contributed by atoms with Gasteiger partial charge in [-0.3, -0.25) is 9.69 Å². The summed E-state index contributed by atoms with van der Waals surface area (Å²) >= 11 is 6.98. The van der Waals surface area contributed by atoms with Crippen molar-refractivity contribution in [3.05, 3.63) is 56.5 Å². The number of nitrogens with two attached hydrogens (primary N) is 1. The van der Waals surface area contributed by atoms with Crippen molar-refractivity contribution in [1.82, 2.24) is 28.6 Å². The molecule has 4 heterocycles. The van der Waals surface area contributed by atoms with Crippen molar-refractivity contribution in [2.75, 3.05) is 77.0 Å². The summed E-state index contributed by atoms with van der Waals surface area (Å²) in [5.74, 6) is -0.221. The summed E-state index contributed by atoms with van der Waals surface area (Å²) in [5.41, 5.74) is 9.36. The molecule has 0 aliphatic carbocycles. The average molecular weight is 811 g/mol. The standard InChI is InChI=1S/C33H46Br2N8O4S/c1-39-11-7-25(8-12-39)40-16-18-41(19-17-40)32(44)30(22-23-20-27(34)31(36)28(35)21-23)38-48(46,47)42-13-9-26(10-14-42)43-15-6-24-4-2-3-5-29(24)37-33(43)45/h2-5,20-21,25-26,30,38H,6-19,22,36H2,1H3,(H,37,45)/t30-/m1/s1. The van der Waals surface area contributed by atoms with Crippen LogP contribution < -0.4 is 15.8 Å². The number of para-hydroxylation sites is 1. The van der Waals surface area contributed by atoms with Crippen molar-refractivity contribution in [3.63, 3.8) is 0 Å². The van der Waals surface area contributed by atoms with Gasteiger partial charge in [0.2, 0.25) is 5.91 Å². The van der Waals surface area contributed by atoms with E-state index in [1.807, 2.05) is 46.2 Å². The SMILES string of the molecule is CN1CCC(N2CCN(C(=O)[C@@H](Cc3cc(Br)c(N)c(Br)c3)NS(=O)(=O)N3CCC(N4CCc5ccccc5NC4=O)CC3)CC2)CC1. The number of benzene rings is 2. The Morgan fingerprint density at radius 3 is 2.23 bits per heavy atom. The Morgan fingerprint density at radius 1 is 0.938 bits per heavy atom. The molecule has 4 aliphatic rings. The van der Waals surface area contributed by atoms with Crippen molar-refractivity contribution in [1.29, 1.82) is 0 Å². The molecular weight excluding hydrogens is 764 g/mol. The highest BCUT2D eigenvalue weighted by atomic mass is 79.9. The third-order valence-electron chi connectivity index (χ3n) is 10.3. The number of carbonyl (C=O) groups excluding carboxylic acids is 2. The third kappa shape index (κ3) is 8.19.